The largest absolute Gasteiger partial charge is 0.396 e. The van der Waals surface area contributed by atoms with Crippen LogP contribution in [0.25, 0.3) is 0 Å². The van der Waals surface area contributed by atoms with Crippen molar-refractivity contribution in [3.8, 4) is 0 Å². The maximum absolute atomic E-state index is 10.1. The first kappa shape index (κ1) is 8.78. The highest BCUT2D eigenvalue weighted by atomic mass is 32.2. The van der Waals surface area contributed by atoms with Gasteiger partial charge in [0.25, 0.3) is 0 Å². The Morgan fingerprint density at radius 3 is 2.78 bits per heavy atom. The Kier molecular flexibility index (Phi) is 5.76. The van der Waals surface area contributed by atoms with Crippen LogP contribution in [0, 0.1) is 0 Å². The fourth-order valence-electron chi connectivity index (χ4n) is 0.339. The molecular formula is C5H11NO2S. The average molecular weight is 149 g/mol. The summed E-state index contributed by atoms with van der Waals surface area (Å²) in [6.07, 6.45) is 0.734. The van der Waals surface area contributed by atoms with Gasteiger partial charge in [0.1, 0.15) is 0 Å². The summed E-state index contributed by atoms with van der Waals surface area (Å²) in [5, 5.41) is 8.30. The molecule has 0 atom stereocenters. The average Bonchev–Trinajstić information content (AvgIpc) is 1.80. The normalized spacial score (nSPS) is 9.44. The molecule has 3 N–H and O–H groups in total. The molecule has 9 heavy (non-hydrogen) atoms. The number of thioether (sulfide) groups is 1. The quantitative estimate of drug-likeness (QED) is 0.522. The van der Waals surface area contributed by atoms with Crippen molar-refractivity contribution in [1.82, 2.24) is 0 Å². The summed E-state index contributed by atoms with van der Waals surface area (Å²) in [6, 6.07) is 0. The second-order valence-electron chi connectivity index (χ2n) is 1.60. The van der Waals surface area contributed by atoms with Gasteiger partial charge < -0.3 is 10.8 Å². The van der Waals surface area contributed by atoms with Crippen LogP contribution in [0.15, 0.2) is 0 Å². The molecule has 1 amide bonds. The summed E-state index contributed by atoms with van der Waals surface area (Å²) >= 11 is 1.45. The van der Waals surface area contributed by atoms with Crippen LogP contribution in [-0.2, 0) is 4.79 Å². The molecule has 0 aromatic heterocycles. The molecule has 0 bridgehead atoms. The van der Waals surface area contributed by atoms with Crippen molar-refractivity contribution >= 4 is 17.7 Å². The number of primary amides is 1. The van der Waals surface area contributed by atoms with Crippen molar-refractivity contribution in [3.05, 3.63) is 0 Å². The highest BCUT2D eigenvalue weighted by molar-refractivity contribution is 7.99. The van der Waals surface area contributed by atoms with Crippen LogP contribution in [0.2, 0.25) is 0 Å². The molecule has 0 fully saturated rings. The van der Waals surface area contributed by atoms with E-state index >= 15 is 0 Å². The summed E-state index contributed by atoms with van der Waals surface area (Å²) in [6.45, 7) is 0.186. The van der Waals surface area contributed by atoms with E-state index in [1.54, 1.807) is 0 Å². The van der Waals surface area contributed by atoms with Gasteiger partial charge in [-0.1, -0.05) is 0 Å². The van der Waals surface area contributed by atoms with Gasteiger partial charge >= 0.3 is 0 Å². The molecule has 0 aliphatic carbocycles. The van der Waals surface area contributed by atoms with Crippen LogP contribution in [0.3, 0.4) is 0 Å². The molecule has 3 nitrogen and oxygen atoms in total. The lowest BCUT2D eigenvalue weighted by Crippen LogP contribution is -2.13. The molecule has 54 valence electrons. The van der Waals surface area contributed by atoms with E-state index in [0.717, 1.165) is 12.2 Å². The number of aliphatic hydroxyl groups excluding tert-OH is 1. The fraction of sp³-hybridized carbons (Fsp3) is 0.800. The van der Waals surface area contributed by atoms with Gasteiger partial charge in [-0.05, 0) is 12.2 Å². The van der Waals surface area contributed by atoms with Crippen LogP contribution in [0.4, 0.5) is 0 Å². The minimum Gasteiger partial charge on any atom is -0.396 e. The summed E-state index contributed by atoms with van der Waals surface area (Å²) in [5.74, 6) is 0.873. The first-order valence-electron chi connectivity index (χ1n) is 2.74. The zero-order valence-electron chi connectivity index (χ0n) is 5.17. The monoisotopic (exact) mass is 149 g/mol. The van der Waals surface area contributed by atoms with Crippen LogP contribution in [0.5, 0.6) is 0 Å². The van der Waals surface area contributed by atoms with Crippen molar-refractivity contribution in [2.45, 2.75) is 6.42 Å². The van der Waals surface area contributed by atoms with E-state index in [4.69, 9.17) is 10.8 Å². The number of nitrogens with two attached hydrogens (primary N) is 1. The molecule has 0 spiro atoms. The predicted molar refractivity (Wildman–Crippen MR) is 38.2 cm³/mol. The number of carbonyl (C=O) groups is 1. The lowest BCUT2D eigenvalue weighted by molar-refractivity contribution is -0.115. The zero-order valence-corrected chi connectivity index (χ0v) is 5.99. The summed E-state index contributed by atoms with van der Waals surface area (Å²) in [7, 11) is 0. The molecule has 0 saturated carbocycles. The van der Waals surface area contributed by atoms with Gasteiger partial charge in [-0.25, -0.2) is 0 Å². The first-order chi connectivity index (χ1) is 4.27. The lowest BCUT2D eigenvalue weighted by atomic mass is 10.5. The van der Waals surface area contributed by atoms with Gasteiger partial charge in [-0.3, -0.25) is 4.79 Å². The molecule has 0 aromatic carbocycles. The van der Waals surface area contributed by atoms with E-state index in [2.05, 4.69) is 0 Å². The summed E-state index contributed by atoms with van der Waals surface area (Å²) in [5.41, 5.74) is 4.85. The van der Waals surface area contributed by atoms with Gasteiger partial charge in [-0.15, -0.1) is 0 Å². The number of aliphatic hydroxyl groups is 1. The zero-order chi connectivity index (χ0) is 7.11. The van der Waals surface area contributed by atoms with E-state index in [1.807, 2.05) is 0 Å². The van der Waals surface area contributed by atoms with E-state index in [-0.39, 0.29) is 12.5 Å². The summed E-state index contributed by atoms with van der Waals surface area (Å²) < 4.78 is 0. The Bertz CT molecular complexity index is 87.0. The topological polar surface area (TPSA) is 63.3 Å². The van der Waals surface area contributed by atoms with Crippen LogP contribution < -0.4 is 5.73 Å². The number of amides is 1. The SMILES string of the molecule is NC(=O)CSCCCO. The van der Waals surface area contributed by atoms with E-state index < -0.39 is 0 Å². The van der Waals surface area contributed by atoms with Crippen LogP contribution in [-0.4, -0.2) is 29.1 Å². The van der Waals surface area contributed by atoms with Crippen molar-refractivity contribution in [3.63, 3.8) is 0 Å². The van der Waals surface area contributed by atoms with E-state index in [9.17, 15) is 4.79 Å². The maximum atomic E-state index is 10.1. The number of rotatable bonds is 5. The summed E-state index contributed by atoms with van der Waals surface area (Å²) in [4.78, 5) is 10.1. The van der Waals surface area contributed by atoms with Gasteiger partial charge in [-0.2, -0.15) is 11.8 Å². The molecule has 0 aliphatic rings. The third-order valence-corrected chi connectivity index (χ3v) is 1.76. The maximum Gasteiger partial charge on any atom is 0.227 e. The number of carbonyl (C=O) groups excluding carboxylic acids is 1. The Labute approximate surface area is 58.6 Å². The Morgan fingerprint density at radius 2 is 2.33 bits per heavy atom. The fourth-order valence-corrected chi connectivity index (χ4v) is 1.02. The minimum atomic E-state index is -0.294. The predicted octanol–water partition coefficient (Wildman–Crippen LogP) is -0.413. The van der Waals surface area contributed by atoms with Crippen LogP contribution >= 0.6 is 11.8 Å². The number of hydrogen-bond donors (Lipinski definition) is 2. The van der Waals surface area contributed by atoms with Gasteiger partial charge in [0.05, 0.1) is 5.75 Å². The van der Waals surface area contributed by atoms with Gasteiger partial charge in [0.2, 0.25) is 5.91 Å². The van der Waals surface area contributed by atoms with E-state index in [0.29, 0.717) is 5.75 Å². The Hall–Kier alpha value is -0.220. The minimum absolute atomic E-state index is 0.186. The molecule has 0 aliphatic heterocycles. The van der Waals surface area contributed by atoms with Crippen molar-refractivity contribution in [1.29, 1.82) is 0 Å². The smallest absolute Gasteiger partial charge is 0.227 e. The first-order valence-corrected chi connectivity index (χ1v) is 3.89. The third-order valence-electron chi connectivity index (χ3n) is 0.691. The molecule has 4 heteroatoms. The Morgan fingerprint density at radius 1 is 1.67 bits per heavy atom. The van der Waals surface area contributed by atoms with Gasteiger partial charge in [0.15, 0.2) is 0 Å². The molecule has 0 radical (unpaired) electrons. The lowest BCUT2D eigenvalue weighted by Gasteiger charge is -1.93. The second kappa shape index (κ2) is 5.91. The highest BCUT2D eigenvalue weighted by Crippen LogP contribution is 1.99. The van der Waals surface area contributed by atoms with Crippen molar-refractivity contribution in [2.75, 3.05) is 18.1 Å². The van der Waals surface area contributed by atoms with E-state index in [1.165, 1.54) is 11.8 Å². The van der Waals surface area contributed by atoms with Crippen molar-refractivity contribution in [2.24, 2.45) is 5.73 Å². The van der Waals surface area contributed by atoms with Crippen molar-refractivity contribution < 1.29 is 9.90 Å². The standard InChI is InChI=1S/C5H11NO2S/c6-5(8)4-9-3-1-2-7/h7H,1-4H2,(H2,6,8). The second-order valence-corrected chi connectivity index (χ2v) is 2.70. The highest BCUT2D eigenvalue weighted by Gasteiger charge is 1.92. The molecule has 0 aromatic rings. The van der Waals surface area contributed by atoms with Gasteiger partial charge in [0, 0.05) is 6.61 Å². The number of hydrogen-bond acceptors (Lipinski definition) is 3. The molecule has 0 saturated heterocycles. The third kappa shape index (κ3) is 7.78. The van der Waals surface area contributed by atoms with Crippen LogP contribution in [0.1, 0.15) is 6.42 Å². The molecule has 0 unspecified atom stereocenters. The molecule has 0 heterocycles. The Balaban J connectivity index is 2.83. The molecular weight excluding hydrogens is 138 g/mol. The molecule has 0 rings (SSSR count).